The molecule has 1 aromatic carbocycles. The SMILES string of the molecule is COc1cccc(CC2CCCCC2CN(C)C)c1. The highest BCUT2D eigenvalue weighted by Gasteiger charge is 2.25. The lowest BCUT2D eigenvalue weighted by Crippen LogP contribution is -2.31. The molecule has 2 heteroatoms. The average Bonchev–Trinajstić information content (AvgIpc) is 2.41. The Kier molecular flexibility index (Phi) is 5.26. The standard InChI is InChI=1S/C17H27NO/c1-18(2)13-16-9-5-4-8-15(16)11-14-7-6-10-17(12-14)19-3/h6-7,10,12,15-16H,4-5,8-9,11,13H2,1-3H3. The quantitative estimate of drug-likeness (QED) is 0.803. The van der Waals surface area contributed by atoms with Gasteiger partial charge in [0.2, 0.25) is 0 Å². The summed E-state index contributed by atoms with van der Waals surface area (Å²) >= 11 is 0. The second-order valence-corrected chi connectivity index (χ2v) is 6.12. The third-order valence-electron chi connectivity index (χ3n) is 4.30. The van der Waals surface area contributed by atoms with E-state index in [0.717, 1.165) is 17.6 Å². The summed E-state index contributed by atoms with van der Waals surface area (Å²) in [5.74, 6) is 2.68. The van der Waals surface area contributed by atoms with Gasteiger partial charge < -0.3 is 9.64 Å². The van der Waals surface area contributed by atoms with Crippen molar-refractivity contribution in [1.29, 1.82) is 0 Å². The topological polar surface area (TPSA) is 12.5 Å². The van der Waals surface area contributed by atoms with E-state index in [-0.39, 0.29) is 0 Å². The van der Waals surface area contributed by atoms with E-state index in [2.05, 4.69) is 37.2 Å². The van der Waals surface area contributed by atoms with Crippen molar-refractivity contribution in [2.24, 2.45) is 11.8 Å². The van der Waals surface area contributed by atoms with Gasteiger partial charge in [0.1, 0.15) is 5.75 Å². The Hall–Kier alpha value is -1.02. The van der Waals surface area contributed by atoms with E-state index in [1.807, 2.05) is 6.07 Å². The van der Waals surface area contributed by atoms with E-state index in [0.29, 0.717) is 0 Å². The lowest BCUT2D eigenvalue weighted by Gasteiger charge is -2.33. The second-order valence-electron chi connectivity index (χ2n) is 6.12. The second kappa shape index (κ2) is 6.95. The molecule has 1 aliphatic rings. The Balaban J connectivity index is 2.01. The van der Waals surface area contributed by atoms with E-state index in [4.69, 9.17) is 4.74 Å². The molecule has 0 N–H and O–H groups in total. The summed E-state index contributed by atoms with van der Waals surface area (Å²) in [6, 6.07) is 8.57. The number of ether oxygens (including phenoxy) is 1. The molecule has 0 amide bonds. The van der Waals surface area contributed by atoms with Gasteiger partial charge in [-0.05, 0) is 62.9 Å². The fraction of sp³-hybridized carbons (Fsp3) is 0.647. The van der Waals surface area contributed by atoms with Crippen LogP contribution >= 0.6 is 0 Å². The predicted molar refractivity (Wildman–Crippen MR) is 80.7 cm³/mol. The van der Waals surface area contributed by atoms with Gasteiger partial charge in [0.15, 0.2) is 0 Å². The highest BCUT2D eigenvalue weighted by molar-refractivity contribution is 5.28. The molecule has 0 heterocycles. The minimum Gasteiger partial charge on any atom is -0.497 e. The Morgan fingerprint density at radius 2 is 1.89 bits per heavy atom. The number of hydrogen-bond donors (Lipinski definition) is 0. The van der Waals surface area contributed by atoms with Crippen molar-refractivity contribution in [2.75, 3.05) is 27.7 Å². The molecule has 2 nitrogen and oxygen atoms in total. The minimum atomic E-state index is 0.836. The van der Waals surface area contributed by atoms with Crippen LogP contribution in [0.15, 0.2) is 24.3 Å². The highest BCUT2D eigenvalue weighted by atomic mass is 16.5. The van der Waals surface area contributed by atoms with Crippen LogP contribution in [0.4, 0.5) is 0 Å². The van der Waals surface area contributed by atoms with Gasteiger partial charge in [-0.2, -0.15) is 0 Å². The Labute approximate surface area is 117 Å². The van der Waals surface area contributed by atoms with E-state index >= 15 is 0 Å². The fourth-order valence-corrected chi connectivity index (χ4v) is 3.36. The molecule has 1 fully saturated rings. The highest BCUT2D eigenvalue weighted by Crippen LogP contribution is 2.33. The lowest BCUT2D eigenvalue weighted by atomic mass is 9.76. The van der Waals surface area contributed by atoms with Crippen LogP contribution in [0.3, 0.4) is 0 Å². The molecule has 0 saturated heterocycles. The zero-order chi connectivity index (χ0) is 13.7. The molecule has 2 rings (SSSR count). The van der Waals surface area contributed by atoms with Crippen LogP contribution in [-0.2, 0) is 6.42 Å². The smallest absolute Gasteiger partial charge is 0.119 e. The molecule has 0 aromatic heterocycles. The van der Waals surface area contributed by atoms with Crippen molar-refractivity contribution in [3.05, 3.63) is 29.8 Å². The number of methoxy groups -OCH3 is 1. The van der Waals surface area contributed by atoms with Gasteiger partial charge in [0, 0.05) is 6.54 Å². The van der Waals surface area contributed by atoms with Crippen molar-refractivity contribution in [3.8, 4) is 5.75 Å². The molecule has 0 aliphatic heterocycles. The summed E-state index contributed by atoms with van der Waals surface area (Å²) in [7, 11) is 6.13. The number of rotatable bonds is 5. The summed E-state index contributed by atoms with van der Waals surface area (Å²) in [6.07, 6.45) is 6.80. The van der Waals surface area contributed by atoms with Crippen LogP contribution in [0.2, 0.25) is 0 Å². The van der Waals surface area contributed by atoms with Crippen LogP contribution in [0.5, 0.6) is 5.75 Å². The fourth-order valence-electron chi connectivity index (χ4n) is 3.36. The maximum atomic E-state index is 5.33. The van der Waals surface area contributed by atoms with Gasteiger partial charge in [0.05, 0.1) is 7.11 Å². The molecular formula is C17H27NO. The first kappa shape index (κ1) is 14.4. The maximum Gasteiger partial charge on any atom is 0.119 e. The molecule has 2 atom stereocenters. The normalized spacial score (nSPS) is 23.6. The van der Waals surface area contributed by atoms with Gasteiger partial charge >= 0.3 is 0 Å². The monoisotopic (exact) mass is 261 g/mol. The van der Waals surface area contributed by atoms with Crippen LogP contribution in [0.1, 0.15) is 31.2 Å². The first-order valence-corrected chi connectivity index (χ1v) is 7.46. The van der Waals surface area contributed by atoms with Crippen LogP contribution in [0.25, 0.3) is 0 Å². The van der Waals surface area contributed by atoms with Crippen molar-refractivity contribution in [3.63, 3.8) is 0 Å². The molecule has 1 aromatic rings. The molecular weight excluding hydrogens is 234 g/mol. The van der Waals surface area contributed by atoms with Gasteiger partial charge in [-0.15, -0.1) is 0 Å². The zero-order valence-electron chi connectivity index (χ0n) is 12.6. The molecule has 1 saturated carbocycles. The largest absolute Gasteiger partial charge is 0.497 e. The van der Waals surface area contributed by atoms with Crippen molar-refractivity contribution in [2.45, 2.75) is 32.1 Å². The summed E-state index contributed by atoms with van der Waals surface area (Å²) in [4.78, 5) is 2.34. The first-order chi connectivity index (χ1) is 9.19. The molecule has 19 heavy (non-hydrogen) atoms. The average molecular weight is 261 g/mol. The molecule has 0 radical (unpaired) electrons. The summed E-state index contributed by atoms with van der Waals surface area (Å²) < 4.78 is 5.33. The molecule has 0 spiro atoms. The van der Waals surface area contributed by atoms with E-state index in [1.54, 1.807) is 7.11 Å². The third-order valence-corrected chi connectivity index (χ3v) is 4.30. The lowest BCUT2D eigenvalue weighted by molar-refractivity contribution is 0.185. The van der Waals surface area contributed by atoms with E-state index < -0.39 is 0 Å². The molecule has 2 unspecified atom stereocenters. The first-order valence-electron chi connectivity index (χ1n) is 7.46. The van der Waals surface area contributed by atoms with Crippen LogP contribution < -0.4 is 4.74 Å². The van der Waals surface area contributed by atoms with Crippen molar-refractivity contribution >= 4 is 0 Å². The van der Waals surface area contributed by atoms with Gasteiger partial charge in [-0.3, -0.25) is 0 Å². The molecule has 0 bridgehead atoms. The van der Waals surface area contributed by atoms with Crippen LogP contribution in [-0.4, -0.2) is 32.6 Å². The zero-order valence-corrected chi connectivity index (χ0v) is 12.6. The minimum absolute atomic E-state index is 0.836. The summed E-state index contributed by atoms with van der Waals surface area (Å²) in [6.45, 7) is 1.23. The Morgan fingerprint density at radius 1 is 1.16 bits per heavy atom. The molecule has 1 aliphatic carbocycles. The van der Waals surface area contributed by atoms with Gasteiger partial charge in [0.25, 0.3) is 0 Å². The maximum absolute atomic E-state index is 5.33. The van der Waals surface area contributed by atoms with Crippen LogP contribution in [0, 0.1) is 11.8 Å². The van der Waals surface area contributed by atoms with Crippen molar-refractivity contribution < 1.29 is 4.74 Å². The Morgan fingerprint density at radius 3 is 2.58 bits per heavy atom. The number of hydrogen-bond acceptors (Lipinski definition) is 2. The van der Waals surface area contributed by atoms with Gasteiger partial charge in [-0.25, -0.2) is 0 Å². The molecule has 106 valence electrons. The predicted octanol–water partition coefficient (Wildman–Crippen LogP) is 3.61. The third kappa shape index (κ3) is 4.24. The summed E-state index contributed by atoms with van der Waals surface area (Å²) in [5, 5.41) is 0. The number of nitrogens with zero attached hydrogens (tertiary/aromatic N) is 1. The Bertz CT molecular complexity index is 389. The van der Waals surface area contributed by atoms with Gasteiger partial charge in [-0.1, -0.05) is 25.0 Å². The van der Waals surface area contributed by atoms with Crippen molar-refractivity contribution in [1.82, 2.24) is 4.90 Å². The van der Waals surface area contributed by atoms with E-state index in [1.165, 1.54) is 44.2 Å². The number of benzene rings is 1. The summed E-state index contributed by atoms with van der Waals surface area (Å²) in [5.41, 5.74) is 1.43. The van der Waals surface area contributed by atoms with E-state index in [9.17, 15) is 0 Å².